The lowest BCUT2D eigenvalue weighted by Gasteiger charge is -2.32. The van der Waals surface area contributed by atoms with Crippen molar-refractivity contribution in [3.8, 4) is 11.5 Å². The highest BCUT2D eigenvalue weighted by molar-refractivity contribution is 5.98. The smallest absolute Gasteiger partial charge is 0.259 e. The number of rotatable bonds is 5. The fraction of sp³-hybridized carbons (Fsp3) is 0.214. The van der Waals surface area contributed by atoms with Gasteiger partial charge in [-0.25, -0.2) is 9.67 Å². The standard InChI is InChI=1S/C28H27N7O2/c1-32-24-14-6-5-13-23(24)30-28(32)31-25(36)20-10-9-17-34(19-20)27(37)22-18-29-35(21-11-3-2-4-12-21)26(22)33-15-7-8-16-33/h2-8,11-16,18,20H,9-10,17,19H2,1H3,(H,30,31,36)/t20-/m0/s1. The van der Waals surface area contributed by atoms with Gasteiger partial charge in [-0.2, -0.15) is 5.10 Å². The van der Waals surface area contributed by atoms with Crippen LogP contribution in [0.3, 0.4) is 0 Å². The molecule has 2 aromatic carbocycles. The summed E-state index contributed by atoms with van der Waals surface area (Å²) >= 11 is 0. The second kappa shape index (κ2) is 9.42. The summed E-state index contributed by atoms with van der Waals surface area (Å²) in [5, 5.41) is 7.54. The van der Waals surface area contributed by atoms with Gasteiger partial charge in [0, 0.05) is 32.5 Å². The number of hydrogen-bond donors (Lipinski definition) is 1. The summed E-state index contributed by atoms with van der Waals surface area (Å²) in [5.41, 5.74) is 3.14. The molecule has 4 heterocycles. The molecule has 0 unspecified atom stereocenters. The van der Waals surface area contributed by atoms with E-state index in [2.05, 4.69) is 15.4 Å². The van der Waals surface area contributed by atoms with E-state index in [1.165, 1.54) is 0 Å². The molecule has 6 rings (SSSR count). The number of piperidine rings is 1. The van der Waals surface area contributed by atoms with Gasteiger partial charge in [-0.05, 0) is 49.2 Å². The van der Waals surface area contributed by atoms with Crippen LogP contribution in [0.5, 0.6) is 0 Å². The van der Waals surface area contributed by atoms with Gasteiger partial charge in [-0.15, -0.1) is 0 Å². The second-order valence-corrected chi connectivity index (χ2v) is 9.28. The molecule has 2 amide bonds. The maximum Gasteiger partial charge on any atom is 0.259 e. The Bertz CT molecular complexity index is 1570. The molecule has 186 valence electrons. The molecule has 1 N–H and O–H groups in total. The molecule has 0 bridgehead atoms. The van der Waals surface area contributed by atoms with Crippen molar-refractivity contribution in [2.45, 2.75) is 12.8 Å². The summed E-state index contributed by atoms with van der Waals surface area (Å²) in [4.78, 5) is 33.3. The summed E-state index contributed by atoms with van der Waals surface area (Å²) in [6, 6.07) is 21.3. The van der Waals surface area contributed by atoms with Crippen molar-refractivity contribution in [2.24, 2.45) is 13.0 Å². The van der Waals surface area contributed by atoms with Gasteiger partial charge in [0.1, 0.15) is 5.56 Å². The Morgan fingerprint density at radius 3 is 2.51 bits per heavy atom. The molecule has 1 aliphatic heterocycles. The van der Waals surface area contributed by atoms with Crippen LogP contribution in [-0.2, 0) is 11.8 Å². The highest BCUT2D eigenvalue weighted by Gasteiger charge is 2.32. The van der Waals surface area contributed by atoms with Crippen LogP contribution in [0.1, 0.15) is 23.2 Å². The number of aromatic nitrogens is 5. The van der Waals surface area contributed by atoms with Crippen LogP contribution in [0.2, 0.25) is 0 Å². The van der Waals surface area contributed by atoms with E-state index in [-0.39, 0.29) is 17.7 Å². The quantitative estimate of drug-likeness (QED) is 0.400. The van der Waals surface area contributed by atoms with E-state index in [1.54, 1.807) is 15.8 Å². The molecule has 1 fully saturated rings. The lowest BCUT2D eigenvalue weighted by molar-refractivity contribution is -0.121. The largest absolute Gasteiger partial charge is 0.338 e. The van der Waals surface area contributed by atoms with Crippen molar-refractivity contribution < 1.29 is 9.59 Å². The number of imidazole rings is 1. The Hall–Kier alpha value is -4.66. The minimum Gasteiger partial charge on any atom is -0.338 e. The van der Waals surface area contributed by atoms with Crippen LogP contribution in [0.25, 0.3) is 22.5 Å². The number of nitrogens with zero attached hydrogens (tertiary/aromatic N) is 6. The Labute approximate surface area is 213 Å². The van der Waals surface area contributed by atoms with E-state index in [4.69, 9.17) is 0 Å². The maximum atomic E-state index is 13.8. The number of hydrogen-bond acceptors (Lipinski definition) is 4. The SMILES string of the molecule is Cn1c(NC(=O)[C@H]2CCCN(C(=O)c3cnn(-c4ccccc4)c3-n3cccc3)C2)nc2ccccc21. The molecule has 0 saturated carbocycles. The Balaban J connectivity index is 1.24. The Kier molecular flexibility index (Phi) is 5.80. The number of carbonyl (C=O) groups is 2. The first-order valence-electron chi connectivity index (χ1n) is 12.4. The average molecular weight is 494 g/mol. The van der Waals surface area contributed by atoms with Gasteiger partial charge in [0.05, 0.1) is 28.8 Å². The number of likely N-dealkylation sites (tertiary alicyclic amines) is 1. The monoisotopic (exact) mass is 493 g/mol. The first kappa shape index (κ1) is 22.8. The molecule has 1 saturated heterocycles. The van der Waals surface area contributed by atoms with E-state index >= 15 is 0 Å². The lowest BCUT2D eigenvalue weighted by Crippen LogP contribution is -2.44. The molecule has 5 aromatic rings. The highest BCUT2D eigenvalue weighted by Crippen LogP contribution is 2.25. The van der Waals surface area contributed by atoms with Crippen LogP contribution in [0.4, 0.5) is 5.95 Å². The molecule has 9 nitrogen and oxygen atoms in total. The van der Waals surface area contributed by atoms with Crippen LogP contribution in [0.15, 0.2) is 85.3 Å². The van der Waals surface area contributed by atoms with Crippen molar-refractivity contribution in [1.29, 1.82) is 0 Å². The predicted molar refractivity (Wildman–Crippen MR) is 141 cm³/mol. The number of benzene rings is 2. The van der Waals surface area contributed by atoms with Crippen molar-refractivity contribution in [3.05, 3.63) is 90.9 Å². The fourth-order valence-electron chi connectivity index (χ4n) is 4.99. The van der Waals surface area contributed by atoms with E-state index in [1.807, 2.05) is 95.3 Å². The zero-order valence-corrected chi connectivity index (χ0v) is 20.5. The molecule has 0 spiro atoms. The predicted octanol–water partition coefficient (Wildman–Crippen LogP) is 4.04. The molecule has 1 atom stereocenters. The van der Waals surface area contributed by atoms with Crippen LogP contribution in [0, 0.1) is 5.92 Å². The summed E-state index contributed by atoms with van der Waals surface area (Å²) in [5.74, 6) is 0.602. The van der Waals surface area contributed by atoms with E-state index in [0.29, 0.717) is 36.8 Å². The van der Waals surface area contributed by atoms with E-state index in [9.17, 15) is 9.59 Å². The fourth-order valence-corrected chi connectivity index (χ4v) is 4.99. The number of anilines is 1. The van der Waals surface area contributed by atoms with Gasteiger partial charge >= 0.3 is 0 Å². The normalized spacial score (nSPS) is 15.7. The van der Waals surface area contributed by atoms with Gasteiger partial charge in [-0.3, -0.25) is 14.9 Å². The van der Waals surface area contributed by atoms with Crippen LogP contribution >= 0.6 is 0 Å². The topological polar surface area (TPSA) is 90.0 Å². The summed E-state index contributed by atoms with van der Waals surface area (Å²) in [6.45, 7) is 0.937. The average Bonchev–Trinajstić information content (AvgIpc) is 3.68. The minimum atomic E-state index is -0.322. The number of fused-ring (bicyclic) bond motifs is 1. The van der Waals surface area contributed by atoms with Crippen molar-refractivity contribution >= 4 is 28.8 Å². The van der Waals surface area contributed by atoms with Crippen molar-refractivity contribution in [1.82, 2.24) is 28.8 Å². The van der Waals surface area contributed by atoms with Crippen molar-refractivity contribution in [2.75, 3.05) is 18.4 Å². The zero-order valence-electron chi connectivity index (χ0n) is 20.5. The molecule has 1 aliphatic rings. The Morgan fingerprint density at radius 1 is 0.973 bits per heavy atom. The first-order chi connectivity index (χ1) is 18.1. The summed E-state index contributed by atoms with van der Waals surface area (Å²) in [6.07, 6.45) is 6.88. The number of nitrogens with one attached hydrogen (secondary N) is 1. The third-order valence-electron chi connectivity index (χ3n) is 6.93. The molecular weight excluding hydrogens is 466 g/mol. The number of aryl methyl sites for hydroxylation is 1. The number of para-hydroxylation sites is 3. The van der Waals surface area contributed by atoms with Crippen LogP contribution < -0.4 is 5.32 Å². The summed E-state index contributed by atoms with van der Waals surface area (Å²) in [7, 11) is 1.88. The molecule has 3 aromatic heterocycles. The molecule has 0 aliphatic carbocycles. The van der Waals surface area contributed by atoms with Gasteiger partial charge in [-0.1, -0.05) is 30.3 Å². The van der Waals surface area contributed by atoms with Gasteiger partial charge in [0.25, 0.3) is 5.91 Å². The molecular formula is C28H27N7O2. The molecule has 0 radical (unpaired) electrons. The van der Waals surface area contributed by atoms with Crippen LogP contribution in [-0.4, -0.2) is 53.7 Å². The van der Waals surface area contributed by atoms with E-state index < -0.39 is 0 Å². The molecule has 9 heteroatoms. The van der Waals surface area contributed by atoms with Crippen molar-refractivity contribution in [3.63, 3.8) is 0 Å². The molecule has 37 heavy (non-hydrogen) atoms. The maximum absolute atomic E-state index is 13.8. The van der Waals surface area contributed by atoms with Gasteiger partial charge < -0.3 is 14.0 Å². The van der Waals surface area contributed by atoms with Gasteiger partial charge in [0.2, 0.25) is 11.9 Å². The first-order valence-corrected chi connectivity index (χ1v) is 12.4. The third-order valence-corrected chi connectivity index (χ3v) is 6.93. The zero-order chi connectivity index (χ0) is 25.4. The minimum absolute atomic E-state index is 0.124. The third kappa shape index (κ3) is 4.18. The number of amides is 2. The lowest BCUT2D eigenvalue weighted by atomic mass is 9.96. The highest BCUT2D eigenvalue weighted by atomic mass is 16.2. The van der Waals surface area contributed by atoms with E-state index in [0.717, 1.165) is 23.1 Å². The second-order valence-electron chi connectivity index (χ2n) is 9.28. The summed E-state index contributed by atoms with van der Waals surface area (Å²) < 4.78 is 5.54. The number of carbonyl (C=O) groups excluding carboxylic acids is 2. The van der Waals surface area contributed by atoms with Gasteiger partial charge in [0.15, 0.2) is 5.82 Å². The Morgan fingerprint density at radius 2 is 1.73 bits per heavy atom.